The maximum Gasteiger partial charge on any atom is 0.313 e. The summed E-state index contributed by atoms with van der Waals surface area (Å²) in [5.74, 6) is -0.00575. The molecular formula is C12H17N3O4. The molecule has 1 aliphatic rings. The Labute approximate surface area is 111 Å². The van der Waals surface area contributed by atoms with E-state index in [0.717, 1.165) is 0 Å². The Morgan fingerprint density at radius 3 is 3.16 bits per heavy atom. The molecule has 1 saturated heterocycles. The van der Waals surface area contributed by atoms with Gasteiger partial charge in [-0.1, -0.05) is 0 Å². The molecule has 7 nitrogen and oxygen atoms in total. The average Bonchev–Trinajstić information content (AvgIpc) is 2.73. The average molecular weight is 267 g/mol. The Morgan fingerprint density at radius 2 is 2.47 bits per heavy atom. The first-order valence-corrected chi connectivity index (χ1v) is 6.09. The molecule has 2 N–H and O–H groups in total. The highest BCUT2D eigenvalue weighted by atomic mass is 16.5. The van der Waals surface area contributed by atoms with Crippen LogP contribution in [0.25, 0.3) is 0 Å². The quantitative estimate of drug-likeness (QED) is 0.814. The molecule has 0 spiro atoms. The number of carboxylic acids is 1. The van der Waals surface area contributed by atoms with Crippen molar-refractivity contribution < 1.29 is 19.4 Å². The van der Waals surface area contributed by atoms with Gasteiger partial charge in [0.25, 0.3) is 0 Å². The van der Waals surface area contributed by atoms with Crippen LogP contribution in [-0.4, -0.2) is 46.9 Å². The fourth-order valence-corrected chi connectivity index (χ4v) is 1.90. The smallest absolute Gasteiger partial charge is 0.313 e. The van der Waals surface area contributed by atoms with Crippen molar-refractivity contribution >= 4 is 11.8 Å². The lowest BCUT2D eigenvalue weighted by atomic mass is 9.85. The van der Waals surface area contributed by atoms with E-state index in [1.165, 1.54) is 12.4 Å². The van der Waals surface area contributed by atoms with E-state index >= 15 is 0 Å². The number of ether oxygens (including phenoxy) is 2. The van der Waals surface area contributed by atoms with Crippen LogP contribution in [0.5, 0.6) is 5.88 Å². The molecule has 1 aliphatic heterocycles. The predicted molar refractivity (Wildman–Crippen MR) is 67.2 cm³/mol. The number of carboxylic acid groups (broad SMARTS) is 1. The fraction of sp³-hybridized carbons (Fsp3) is 0.583. The van der Waals surface area contributed by atoms with E-state index < -0.39 is 11.4 Å². The van der Waals surface area contributed by atoms with Gasteiger partial charge in [-0.05, 0) is 13.8 Å². The summed E-state index contributed by atoms with van der Waals surface area (Å²) in [4.78, 5) is 19.5. The van der Waals surface area contributed by atoms with Crippen molar-refractivity contribution in [1.82, 2.24) is 9.97 Å². The van der Waals surface area contributed by atoms with Crippen LogP contribution in [0.3, 0.4) is 0 Å². The van der Waals surface area contributed by atoms with Crippen molar-refractivity contribution in [2.45, 2.75) is 19.9 Å². The zero-order valence-corrected chi connectivity index (χ0v) is 10.9. The SMILES string of the molecule is CCOc1cncc(NC2COCC2(C)C(=O)O)n1. The number of anilines is 1. The maximum absolute atomic E-state index is 11.3. The van der Waals surface area contributed by atoms with Gasteiger partial charge in [-0.15, -0.1) is 0 Å². The van der Waals surface area contributed by atoms with Crippen LogP contribution in [0.4, 0.5) is 5.82 Å². The van der Waals surface area contributed by atoms with Gasteiger partial charge < -0.3 is 19.9 Å². The Hall–Kier alpha value is -1.89. The second-order valence-corrected chi connectivity index (χ2v) is 4.61. The number of nitrogens with zero attached hydrogens (tertiary/aromatic N) is 2. The van der Waals surface area contributed by atoms with E-state index in [2.05, 4.69) is 15.3 Å². The summed E-state index contributed by atoms with van der Waals surface area (Å²) in [5.41, 5.74) is -0.969. The Morgan fingerprint density at radius 1 is 1.68 bits per heavy atom. The van der Waals surface area contributed by atoms with Crippen molar-refractivity contribution in [3.05, 3.63) is 12.4 Å². The summed E-state index contributed by atoms with van der Waals surface area (Å²) >= 11 is 0. The number of hydrogen-bond donors (Lipinski definition) is 2. The van der Waals surface area contributed by atoms with Gasteiger partial charge in [0.15, 0.2) is 0 Å². The van der Waals surface area contributed by atoms with Gasteiger partial charge in [0.2, 0.25) is 5.88 Å². The monoisotopic (exact) mass is 267 g/mol. The molecule has 7 heteroatoms. The van der Waals surface area contributed by atoms with Gasteiger partial charge in [0, 0.05) is 0 Å². The lowest BCUT2D eigenvalue weighted by Gasteiger charge is -2.25. The molecule has 1 aromatic heterocycles. The lowest BCUT2D eigenvalue weighted by molar-refractivity contribution is -0.148. The van der Waals surface area contributed by atoms with Crippen molar-refractivity contribution in [2.24, 2.45) is 5.41 Å². The van der Waals surface area contributed by atoms with E-state index in [-0.39, 0.29) is 12.6 Å². The second-order valence-electron chi connectivity index (χ2n) is 4.61. The normalized spacial score (nSPS) is 26.1. The molecule has 0 radical (unpaired) electrons. The summed E-state index contributed by atoms with van der Waals surface area (Å²) < 4.78 is 10.5. The Bertz CT molecular complexity index is 468. The van der Waals surface area contributed by atoms with Crippen molar-refractivity contribution in [3.8, 4) is 5.88 Å². The number of rotatable bonds is 5. The van der Waals surface area contributed by atoms with Crippen LogP contribution in [0.15, 0.2) is 12.4 Å². The summed E-state index contributed by atoms with van der Waals surface area (Å²) in [5, 5.41) is 12.3. The topological polar surface area (TPSA) is 93.6 Å². The number of aromatic nitrogens is 2. The molecule has 0 saturated carbocycles. The summed E-state index contributed by atoms with van der Waals surface area (Å²) in [6.45, 7) is 4.51. The van der Waals surface area contributed by atoms with E-state index in [0.29, 0.717) is 24.9 Å². The molecule has 19 heavy (non-hydrogen) atoms. The molecule has 2 unspecified atom stereocenters. The molecule has 104 valence electrons. The number of aliphatic carboxylic acids is 1. The molecule has 2 rings (SSSR count). The zero-order valence-electron chi connectivity index (χ0n) is 10.9. The highest BCUT2D eigenvalue weighted by molar-refractivity contribution is 5.76. The van der Waals surface area contributed by atoms with E-state index in [1.807, 2.05) is 6.92 Å². The maximum atomic E-state index is 11.3. The first-order valence-electron chi connectivity index (χ1n) is 6.09. The minimum atomic E-state index is -0.969. The van der Waals surface area contributed by atoms with E-state index in [1.54, 1.807) is 6.92 Å². The zero-order chi connectivity index (χ0) is 13.9. The minimum Gasteiger partial charge on any atom is -0.481 e. The van der Waals surface area contributed by atoms with Crippen LogP contribution >= 0.6 is 0 Å². The van der Waals surface area contributed by atoms with Gasteiger partial charge in [0.1, 0.15) is 11.2 Å². The van der Waals surface area contributed by atoms with Crippen LogP contribution < -0.4 is 10.1 Å². The van der Waals surface area contributed by atoms with Crippen LogP contribution in [0.2, 0.25) is 0 Å². The standard InChI is InChI=1S/C12H17N3O4/c1-3-19-10-5-13-4-9(15-10)14-8-6-18-7-12(8,2)11(16)17/h4-5,8H,3,6-7H2,1-2H3,(H,14,15)(H,16,17). The van der Waals surface area contributed by atoms with Gasteiger partial charge in [-0.25, -0.2) is 0 Å². The molecule has 2 heterocycles. The highest BCUT2D eigenvalue weighted by Gasteiger charge is 2.46. The Kier molecular flexibility index (Phi) is 3.84. The van der Waals surface area contributed by atoms with Gasteiger partial charge in [-0.3, -0.25) is 9.78 Å². The predicted octanol–water partition coefficient (Wildman–Crippen LogP) is 0.777. The first kappa shape index (κ1) is 13.5. The molecule has 0 aromatic carbocycles. The molecule has 0 amide bonds. The van der Waals surface area contributed by atoms with Crippen LogP contribution in [0.1, 0.15) is 13.8 Å². The van der Waals surface area contributed by atoms with Gasteiger partial charge in [0.05, 0.1) is 38.3 Å². The number of hydrogen-bond acceptors (Lipinski definition) is 6. The van der Waals surface area contributed by atoms with Gasteiger partial charge >= 0.3 is 5.97 Å². The highest BCUT2D eigenvalue weighted by Crippen LogP contribution is 2.30. The van der Waals surface area contributed by atoms with Crippen molar-refractivity contribution in [2.75, 3.05) is 25.1 Å². The molecule has 1 aromatic rings. The largest absolute Gasteiger partial charge is 0.481 e. The van der Waals surface area contributed by atoms with E-state index in [9.17, 15) is 9.90 Å². The van der Waals surface area contributed by atoms with Crippen molar-refractivity contribution in [1.29, 1.82) is 0 Å². The second kappa shape index (κ2) is 5.40. The third-order valence-corrected chi connectivity index (χ3v) is 3.17. The summed E-state index contributed by atoms with van der Waals surface area (Å²) in [6, 6.07) is -0.351. The fourth-order valence-electron chi connectivity index (χ4n) is 1.90. The third-order valence-electron chi connectivity index (χ3n) is 3.17. The first-order chi connectivity index (χ1) is 9.06. The molecule has 0 bridgehead atoms. The van der Waals surface area contributed by atoms with Crippen molar-refractivity contribution in [3.63, 3.8) is 0 Å². The van der Waals surface area contributed by atoms with E-state index in [4.69, 9.17) is 9.47 Å². The van der Waals surface area contributed by atoms with Gasteiger partial charge in [-0.2, -0.15) is 4.98 Å². The lowest BCUT2D eigenvalue weighted by Crippen LogP contribution is -2.43. The summed E-state index contributed by atoms with van der Waals surface area (Å²) in [6.07, 6.45) is 3.04. The minimum absolute atomic E-state index is 0.179. The molecular weight excluding hydrogens is 250 g/mol. The van der Waals surface area contributed by atoms with Crippen LogP contribution in [-0.2, 0) is 9.53 Å². The molecule has 1 fully saturated rings. The number of nitrogens with one attached hydrogen (secondary N) is 1. The van der Waals surface area contributed by atoms with Crippen LogP contribution in [0, 0.1) is 5.41 Å². The molecule has 2 atom stereocenters. The molecule has 0 aliphatic carbocycles. The number of carbonyl (C=O) groups is 1. The Balaban J connectivity index is 2.12. The summed E-state index contributed by atoms with van der Waals surface area (Å²) in [7, 11) is 0. The third kappa shape index (κ3) is 2.76.